The van der Waals surface area contributed by atoms with Crippen LogP contribution in [0.25, 0.3) is 11.3 Å². The van der Waals surface area contributed by atoms with Crippen molar-refractivity contribution in [2.45, 2.75) is 11.8 Å². The van der Waals surface area contributed by atoms with Crippen LogP contribution in [-0.2, 0) is 9.84 Å². The number of sulfone groups is 1. The van der Waals surface area contributed by atoms with Crippen molar-refractivity contribution in [3.05, 3.63) is 36.2 Å². The Morgan fingerprint density at radius 1 is 1.11 bits per heavy atom. The van der Waals surface area contributed by atoms with Crippen LogP contribution in [0.1, 0.15) is 5.82 Å². The van der Waals surface area contributed by atoms with Gasteiger partial charge in [0.15, 0.2) is 9.84 Å². The lowest BCUT2D eigenvalue weighted by molar-refractivity contribution is 0.602. The van der Waals surface area contributed by atoms with Crippen LogP contribution in [0.3, 0.4) is 0 Å². The number of aryl methyl sites for hydroxylation is 1. The molecule has 5 nitrogen and oxygen atoms in total. The van der Waals surface area contributed by atoms with Gasteiger partial charge >= 0.3 is 0 Å². The zero-order valence-electron chi connectivity index (χ0n) is 11.0. The molecule has 0 aliphatic carbocycles. The maximum absolute atomic E-state index is 11.4. The number of anilines is 1. The molecule has 0 atom stereocenters. The first-order valence-corrected chi connectivity index (χ1v) is 7.63. The summed E-state index contributed by atoms with van der Waals surface area (Å²) in [6.07, 6.45) is 1.19. The molecule has 100 valence electrons. The highest BCUT2D eigenvalue weighted by molar-refractivity contribution is 7.90. The highest BCUT2D eigenvalue weighted by Crippen LogP contribution is 2.21. The van der Waals surface area contributed by atoms with Crippen LogP contribution >= 0.6 is 0 Å². The lowest BCUT2D eigenvalue weighted by Crippen LogP contribution is -1.99. The fraction of sp³-hybridized carbons (Fsp3) is 0.231. The van der Waals surface area contributed by atoms with E-state index in [2.05, 4.69) is 15.3 Å². The molecule has 0 saturated heterocycles. The third-order valence-corrected chi connectivity index (χ3v) is 3.80. The molecule has 0 amide bonds. The number of aromatic nitrogens is 2. The van der Waals surface area contributed by atoms with E-state index in [1.807, 2.05) is 13.0 Å². The van der Waals surface area contributed by atoms with Crippen molar-refractivity contribution in [2.24, 2.45) is 0 Å². The summed E-state index contributed by atoms with van der Waals surface area (Å²) in [5.74, 6) is 1.39. The van der Waals surface area contributed by atoms with Gasteiger partial charge in [0, 0.05) is 24.9 Å². The summed E-state index contributed by atoms with van der Waals surface area (Å²) in [5.41, 5.74) is 1.62. The minimum atomic E-state index is -3.17. The van der Waals surface area contributed by atoms with Gasteiger partial charge in [-0.1, -0.05) is 12.1 Å². The van der Waals surface area contributed by atoms with Crippen LogP contribution in [0.4, 0.5) is 5.82 Å². The smallest absolute Gasteiger partial charge is 0.175 e. The molecule has 0 fully saturated rings. The third-order valence-electron chi connectivity index (χ3n) is 2.67. The number of rotatable bonds is 3. The first kappa shape index (κ1) is 13.5. The van der Waals surface area contributed by atoms with E-state index in [4.69, 9.17) is 0 Å². The number of hydrogen-bond donors (Lipinski definition) is 1. The van der Waals surface area contributed by atoms with E-state index in [1.54, 1.807) is 31.3 Å². The Bertz CT molecular complexity index is 694. The van der Waals surface area contributed by atoms with Gasteiger partial charge in [0.2, 0.25) is 0 Å². The number of nitrogens with zero attached hydrogens (tertiary/aromatic N) is 2. The second-order valence-electron chi connectivity index (χ2n) is 4.23. The normalized spacial score (nSPS) is 11.3. The molecule has 0 unspecified atom stereocenters. The number of benzene rings is 1. The van der Waals surface area contributed by atoms with Gasteiger partial charge in [0.05, 0.1) is 10.6 Å². The van der Waals surface area contributed by atoms with Gasteiger partial charge in [0.1, 0.15) is 11.6 Å². The van der Waals surface area contributed by atoms with E-state index < -0.39 is 9.84 Å². The average Bonchev–Trinajstić information content (AvgIpc) is 2.37. The van der Waals surface area contributed by atoms with Gasteiger partial charge in [-0.05, 0) is 19.1 Å². The Morgan fingerprint density at radius 3 is 2.26 bits per heavy atom. The predicted octanol–water partition coefficient (Wildman–Crippen LogP) is 1.90. The molecule has 1 N–H and O–H groups in total. The summed E-state index contributed by atoms with van der Waals surface area (Å²) in [4.78, 5) is 8.86. The maximum Gasteiger partial charge on any atom is 0.175 e. The van der Waals surface area contributed by atoms with Crippen molar-refractivity contribution in [2.75, 3.05) is 18.6 Å². The van der Waals surface area contributed by atoms with Gasteiger partial charge in [-0.2, -0.15) is 0 Å². The van der Waals surface area contributed by atoms with Crippen molar-refractivity contribution >= 4 is 15.7 Å². The molecule has 2 rings (SSSR count). The summed E-state index contributed by atoms with van der Waals surface area (Å²) in [6, 6.07) is 8.49. The van der Waals surface area contributed by atoms with Gasteiger partial charge in [0.25, 0.3) is 0 Å². The minimum Gasteiger partial charge on any atom is -0.373 e. The highest BCUT2D eigenvalue weighted by atomic mass is 32.2. The Labute approximate surface area is 112 Å². The van der Waals surface area contributed by atoms with Crippen molar-refractivity contribution in [3.8, 4) is 11.3 Å². The quantitative estimate of drug-likeness (QED) is 0.927. The molecule has 1 heterocycles. The molecule has 0 radical (unpaired) electrons. The standard InChI is InChI=1S/C13H15N3O2S/c1-9-15-12(8-13(14-2)16-9)10-4-6-11(7-5-10)19(3,17)18/h4-8H,1-3H3,(H,14,15,16). The average molecular weight is 277 g/mol. The first-order chi connectivity index (χ1) is 8.90. The second-order valence-corrected chi connectivity index (χ2v) is 6.25. The number of hydrogen-bond acceptors (Lipinski definition) is 5. The van der Waals surface area contributed by atoms with Crippen LogP contribution in [0.5, 0.6) is 0 Å². The summed E-state index contributed by atoms with van der Waals surface area (Å²) in [5, 5.41) is 2.97. The zero-order chi connectivity index (χ0) is 14.0. The van der Waals surface area contributed by atoms with E-state index in [-0.39, 0.29) is 0 Å². The molecular formula is C13H15N3O2S. The molecule has 0 bridgehead atoms. The maximum atomic E-state index is 11.4. The third kappa shape index (κ3) is 3.08. The van der Waals surface area contributed by atoms with Crippen molar-refractivity contribution in [3.63, 3.8) is 0 Å². The predicted molar refractivity (Wildman–Crippen MR) is 74.9 cm³/mol. The van der Waals surface area contributed by atoms with Crippen LogP contribution in [0.2, 0.25) is 0 Å². The molecule has 1 aromatic carbocycles. The molecule has 0 aliphatic rings. The van der Waals surface area contributed by atoms with Crippen LogP contribution in [-0.4, -0.2) is 31.7 Å². The summed E-state index contributed by atoms with van der Waals surface area (Å²) >= 11 is 0. The topological polar surface area (TPSA) is 72.0 Å². The molecule has 2 aromatic rings. The largest absolute Gasteiger partial charge is 0.373 e. The fourth-order valence-electron chi connectivity index (χ4n) is 1.72. The van der Waals surface area contributed by atoms with Crippen LogP contribution in [0.15, 0.2) is 35.2 Å². The van der Waals surface area contributed by atoms with E-state index in [0.29, 0.717) is 10.7 Å². The Balaban J connectivity index is 2.45. The molecular weight excluding hydrogens is 262 g/mol. The molecule has 0 spiro atoms. The summed E-state index contributed by atoms with van der Waals surface area (Å²) in [7, 11) is -1.38. The molecule has 0 aliphatic heterocycles. The summed E-state index contributed by atoms with van der Waals surface area (Å²) < 4.78 is 22.8. The molecule has 0 saturated carbocycles. The van der Waals surface area contributed by atoms with E-state index >= 15 is 0 Å². The van der Waals surface area contributed by atoms with E-state index in [9.17, 15) is 8.42 Å². The van der Waals surface area contributed by atoms with Gasteiger partial charge in [-0.3, -0.25) is 0 Å². The van der Waals surface area contributed by atoms with Gasteiger partial charge in [-0.25, -0.2) is 18.4 Å². The lowest BCUT2D eigenvalue weighted by Gasteiger charge is -2.06. The molecule has 6 heteroatoms. The van der Waals surface area contributed by atoms with E-state index in [0.717, 1.165) is 17.1 Å². The monoisotopic (exact) mass is 277 g/mol. The first-order valence-electron chi connectivity index (χ1n) is 5.74. The van der Waals surface area contributed by atoms with Crippen LogP contribution < -0.4 is 5.32 Å². The van der Waals surface area contributed by atoms with Crippen molar-refractivity contribution in [1.82, 2.24) is 9.97 Å². The lowest BCUT2D eigenvalue weighted by atomic mass is 10.1. The second kappa shape index (κ2) is 4.97. The Morgan fingerprint density at radius 2 is 1.74 bits per heavy atom. The van der Waals surface area contributed by atoms with Crippen LogP contribution in [0, 0.1) is 6.92 Å². The van der Waals surface area contributed by atoms with Crippen molar-refractivity contribution in [1.29, 1.82) is 0 Å². The van der Waals surface area contributed by atoms with E-state index in [1.165, 1.54) is 6.26 Å². The Kier molecular flexibility index (Phi) is 3.53. The number of nitrogens with one attached hydrogen (secondary N) is 1. The van der Waals surface area contributed by atoms with Crippen molar-refractivity contribution < 1.29 is 8.42 Å². The molecule has 1 aromatic heterocycles. The van der Waals surface area contributed by atoms with Gasteiger partial charge in [-0.15, -0.1) is 0 Å². The zero-order valence-corrected chi connectivity index (χ0v) is 11.8. The SMILES string of the molecule is CNc1cc(-c2ccc(S(C)(=O)=O)cc2)nc(C)n1. The van der Waals surface area contributed by atoms with Gasteiger partial charge < -0.3 is 5.32 Å². The molecule has 19 heavy (non-hydrogen) atoms. The summed E-state index contributed by atoms with van der Waals surface area (Å²) in [6.45, 7) is 1.81. The Hall–Kier alpha value is -1.95. The minimum absolute atomic E-state index is 0.302. The fourth-order valence-corrected chi connectivity index (χ4v) is 2.35. The highest BCUT2D eigenvalue weighted by Gasteiger charge is 2.08.